The van der Waals surface area contributed by atoms with Crippen LogP contribution in [0.1, 0.15) is 5.56 Å². The molecule has 1 amide bonds. The number of amides is 1. The van der Waals surface area contributed by atoms with Crippen molar-refractivity contribution < 1.29 is 18.1 Å². The third-order valence-corrected chi connectivity index (χ3v) is 6.37. The predicted octanol–water partition coefficient (Wildman–Crippen LogP) is 4.08. The molecule has 0 aromatic heterocycles. The smallest absolute Gasteiger partial charge is 0.271 e. The Balaban J connectivity index is 1.85. The molecule has 160 valence electrons. The van der Waals surface area contributed by atoms with Gasteiger partial charge in [-0.3, -0.25) is 14.9 Å². The largest absolute Gasteiger partial charge is 0.325 e. The molecule has 31 heavy (non-hydrogen) atoms. The molecule has 3 rings (SSSR count). The Labute approximate surface area is 184 Å². The van der Waals surface area contributed by atoms with Gasteiger partial charge in [0.15, 0.2) is 0 Å². The number of carbonyl (C=O) groups excluding carboxylic acids is 1. The molecule has 8 nitrogen and oxygen atoms in total. The molecule has 0 saturated heterocycles. The maximum absolute atomic E-state index is 13.2. The van der Waals surface area contributed by atoms with Crippen molar-refractivity contribution in [1.82, 2.24) is 4.31 Å². The fourth-order valence-corrected chi connectivity index (χ4v) is 4.34. The fourth-order valence-electron chi connectivity index (χ4n) is 2.83. The molecular weight excluding hydrogens is 442 g/mol. The number of nitrogens with zero attached hydrogens (tertiary/aromatic N) is 2. The van der Waals surface area contributed by atoms with Crippen molar-refractivity contribution in [3.05, 3.63) is 99.6 Å². The van der Waals surface area contributed by atoms with Crippen molar-refractivity contribution in [3.63, 3.8) is 0 Å². The van der Waals surface area contributed by atoms with Crippen LogP contribution in [0.2, 0.25) is 5.02 Å². The molecule has 3 aromatic carbocycles. The molecule has 0 fully saturated rings. The summed E-state index contributed by atoms with van der Waals surface area (Å²) >= 11 is 5.86. The first-order valence-electron chi connectivity index (χ1n) is 9.09. The van der Waals surface area contributed by atoms with Crippen LogP contribution in [0.25, 0.3) is 0 Å². The lowest BCUT2D eigenvalue weighted by Crippen LogP contribution is -2.37. The Hall–Kier alpha value is -3.27. The molecule has 3 aromatic rings. The van der Waals surface area contributed by atoms with Crippen LogP contribution in [0, 0.1) is 10.1 Å². The highest BCUT2D eigenvalue weighted by Gasteiger charge is 2.27. The van der Waals surface area contributed by atoms with E-state index in [1.165, 1.54) is 48.5 Å². The molecule has 0 saturated carbocycles. The first-order valence-corrected chi connectivity index (χ1v) is 10.9. The van der Waals surface area contributed by atoms with Gasteiger partial charge in [0.25, 0.3) is 5.69 Å². The van der Waals surface area contributed by atoms with Gasteiger partial charge in [-0.1, -0.05) is 48.0 Å². The number of hydrogen-bond acceptors (Lipinski definition) is 5. The van der Waals surface area contributed by atoms with Crippen LogP contribution in [0.4, 0.5) is 11.4 Å². The maximum Gasteiger partial charge on any atom is 0.271 e. The highest BCUT2D eigenvalue weighted by atomic mass is 35.5. The number of benzene rings is 3. The lowest BCUT2D eigenvalue weighted by Gasteiger charge is -2.22. The highest BCUT2D eigenvalue weighted by Crippen LogP contribution is 2.21. The number of halogens is 1. The average Bonchev–Trinajstić information content (AvgIpc) is 2.74. The van der Waals surface area contributed by atoms with E-state index in [0.29, 0.717) is 10.6 Å². The van der Waals surface area contributed by atoms with Crippen molar-refractivity contribution in [2.24, 2.45) is 0 Å². The molecule has 0 aliphatic carbocycles. The Morgan fingerprint density at radius 1 is 1.00 bits per heavy atom. The van der Waals surface area contributed by atoms with Crippen LogP contribution in [-0.2, 0) is 21.4 Å². The third-order valence-electron chi connectivity index (χ3n) is 4.31. The molecule has 0 spiro atoms. The summed E-state index contributed by atoms with van der Waals surface area (Å²) < 4.78 is 27.4. The number of rotatable bonds is 8. The Morgan fingerprint density at radius 3 is 2.32 bits per heavy atom. The minimum Gasteiger partial charge on any atom is -0.325 e. The monoisotopic (exact) mass is 459 g/mol. The molecular formula is C21H18ClN3O5S. The van der Waals surface area contributed by atoms with Crippen LogP contribution in [0.15, 0.2) is 83.8 Å². The summed E-state index contributed by atoms with van der Waals surface area (Å²) in [6.45, 7) is -0.517. The lowest BCUT2D eigenvalue weighted by molar-refractivity contribution is -0.384. The van der Waals surface area contributed by atoms with Crippen molar-refractivity contribution in [1.29, 1.82) is 0 Å². The lowest BCUT2D eigenvalue weighted by atomic mass is 10.2. The summed E-state index contributed by atoms with van der Waals surface area (Å²) in [5.41, 5.74) is 0.707. The highest BCUT2D eigenvalue weighted by molar-refractivity contribution is 7.89. The second-order valence-corrected chi connectivity index (χ2v) is 8.94. The van der Waals surface area contributed by atoms with Gasteiger partial charge in [0.2, 0.25) is 15.9 Å². The molecule has 0 atom stereocenters. The van der Waals surface area contributed by atoms with Crippen molar-refractivity contribution in [2.45, 2.75) is 11.4 Å². The van der Waals surface area contributed by atoms with Gasteiger partial charge in [-0.2, -0.15) is 4.31 Å². The maximum atomic E-state index is 13.2. The quantitative estimate of drug-likeness (QED) is 0.403. The van der Waals surface area contributed by atoms with E-state index in [9.17, 15) is 23.3 Å². The van der Waals surface area contributed by atoms with Gasteiger partial charge >= 0.3 is 0 Å². The molecule has 0 aliphatic rings. The molecule has 10 heteroatoms. The molecule has 0 radical (unpaired) electrons. The van der Waals surface area contributed by atoms with Crippen LogP contribution >= 0.6 is 11.6 Å². The molecule has 1 N–H and O–H groups in total. The standard InChI is InChI=1S/C21H18ClN3O5S/c22-17-9-11-20(12-10-17)31(29,30)24(14-16-5-2-1-3-6-16)15-21(26)23-18-7-4-8-19(13-18)25(27)28/h1-13H,14-15H2,(H,23,26). The van der Waals surface area contributed by atoms with E-state index in [-0.39, 0.29) is 22.8 Å². The van der Waals surface area contributed by atoms with Crippen LogP contribution in [-0.4, -0.2) is 30.1 Å². The summed E-state index contributed by atoms with van der Waals surface area (Å²) in [7, 11) is -4.02. The second-order valence-electron chi connectivity index (χ2n) is 6.57. The summed E-state index contributed by atoms with van der Waals surface area (Å²) in [6, 6.07) is 19.9. The number of nitro benzene ring substituents is 1. The number of carbonyl (C=O) groups is 1. The summed E-state index contributed by atoms with van der Waals surface area (Å²) in [6.07, 6.45) is 0. The van der Waals surface area contributed by atoms with E-state index in [0.717, 1.165) is 4.31 Å². The van der Waals surface area contributed by atoms with E-state index in [1.807, 2.05) is 0 Å². The van der Waals surface area contributed by atoms with Crippen LogP contribution in [0.3, 0.4) is 0 Å². The summed E-state index contributed by atoms with van der Waals surface area (Å²) in [4.78, 5) is 23.0. The fraction of sp³-hybridized carbons (Fsp3) is 0.0952. The second kappa shape index (κ2) is 9.69. The first-order chi connectivity index (χ1) is 14.8. The zero-order valence-corrected chi connectivity index (χ0v) is 17.7. The van der Waals surface area contributed by atoms with E-state index in [4.69, 9.17) is 11.6 Å². The number of anilines is 1. The Morgan fingerprint density at radius 2 is 1.68 bits per heavy atom. The van der Waals surface area contributed by atoms with Gasteiger partial charge in [-0.25, -0.2) is 8.42 Å². The predicted molar refractivity (Wildman–Crippen MR) is 117 cm³/mol. The van der Waals surface area contributed by atoms with Crippen LogP contribution in [0.5, 0.6) is 0 Å². The van der Waals surface area contributed by atoms with Crippen LogP contribution < -0.4 is 5.32 Å². The molecule has 0 bridgehead atoms. The Kier molecular flexibility index (Phi) is 7.01. The van der Waals surface area contributed by atoms with Crippen molar-refractivity contribution >= 4 is 38.9 Å². The topological polar surface area (TPSA) is 110 Å². The van der Waals surface area contributed by atoms with Gasteiger partial charge in [0.1, 0.15) is 0 Å². The van der Waals surface area contributed by atoms with Gasteiger partial charge in [-0.05, 0) is 35.9 Å². The zero-order chi connectivity index (χ0) is 22.4. The zero-order valence-electron chi connectivity index (χ0n) is 16.1. The SMILES string of the molecule is O=C(CN(Cc1ccccc1)S(=O)(=O)c1ccc(Cl)cc1)Nc1cccc([N+](=O)[O-])c1. The number of hydrogen-bond donors (Lipinski definition) is 1. The molecule has 0 unspecified atom stereocenters. The number of non-ortho nitro benzene ring substituents is 1. The van der Waals surface area contributed by atoms with E-state index >= 15 is 0 Å². The van der Waals surface area contributed by atoms with Gasteiger partial charge in [-0.15, -0.1) is 0 Å². The van der Waals surface area contributed by atoms with Gasteiger partial charge in [0, 0.05) is 29.4 Å². The van der Waals surface area contributed by atoms with E-state index in [1.54, 1.807) is 30.3 Å². The minimum atomic E-state index is -4.02. The summed E-state index contributed by atoms with van der Waals surface area (Å²) in [5.74, 6) is -0.631. The first kappa shape index (κ1) is 22.4. The van der Waals surface area contributed by atoms with Gasteiger partial charge < -0.3 is 5.32 Å². The van der Waals surface area contributed by atoms with E-state index < -0.39 is 27.4 Å². The van der Waals surface area contributed by atoms with Gasteiger partial charge in [0.05, 0.1) is 16.4 Å². The normalized spacial score (nSPS) is 11.3. The number of nitrogens with one attached hydrogen (secondary N) is 1. The van der Waals surface area contributed by atoms with Crippen molar-refractivity contribution in [3.8, 4) is 0 Å². The Bertz CT molecular complexity index is 1190. The van der Waals surface area contributed by atoms with Crippen molar-refractivity contribution in [2.75, 3.05) is 11.9 Å². The number of nitro groups is 1. The minimum absolute atomic E-state index is 0.00372. The third kappa shape index (κ3) is 5.88. The average molecular weight is 460 g/mol. The molecule has 0 heterocycles. The summed E-state index contributed by atoms with van der Waals surface area (Å²) in [5, 5.41) is 13.8. The molecule has 0 aliphatic heterocycles. The van der Waals surface area contributed by atoms with E-state index in [2.05, 4.69) is 5.32 Å². The number of sulfonamides is 1.